The van der Waals surface area contributed by atoms with E-state index in [1.165, 1.54) is 0 Å². The molecule has 0 radical (unpaired) electrons. The molecule has 0 aromatic heterocycles. The summed E-state index contributed by atoms with van der Waals surface area (Å²) in [4.78, 5) is 3.97. The van der Waals surface area contributed by atoms with Gasteiger partial charge in [-0.2, -0.15) is 0 Å². The van der Waals surface area contributed by atoms with Crippen LogP contribution in [0, 0.1) is 5.92 Å². The Labute approximate surface area is 56.9 Å². The van der Waals surface area contributed by atoms with Gasteiger partial charge in [0.05, 0.1) is 6.61 Å². The second-order valence-electron chi connectivity index (χ2n) is 2.15. The topological polar surface area (TPSA) is 21.6 Å². The molecular formula is C7H15NO. The van der Waals surface area contributed by atoms with E-state index in [9.17, 15) is 0 Å². The van der Waals surface area contributed by atoms with Crippen LogP contribution in [0.1, 0.15) is 20.8 Å². The Kier molecular flexibility index (Phi) is 4.10. The average molecular weight is 129 g/mol. The summed E-state index contributed by atoms with van der Waals surface area (Å²) in [7, 11) is 1.75. The third-order valence-corrected chi connectivity index (χ3v) is 1.01. The van der Waals surface area contributed by atoms with E-state index >= 15 is 0 Å². The van der Waals surface area contributed by atoms with Crippen molar-refractivity contribution in [2.75, 3.05) is 13.7 Å². The Morgan fingerprint density at radius 3 is 2.22 bits per heavy atom. The lowest BCUT2D eigenvalue weighted by molar-refractivity contribution is 0.305. The van der Waals surface area contributed by atoms with Crippen LogP contribution in [0.5, 0.6) is 0 Å². The molecule has 0 saturated carbocycles. The van der Waals surface area contributed by atoms with Gasteiger partial charge in [-0.3, -0.25) is 4.99 Å². The van der Waals surface area contributed by atoms with Crippen molar-refractivity contribution in [3.8, 4) is 0 Å². The Morgan fingerprint density at radius 1 is 1.56 bits per heavy atom. The van der Waals surface area contributed by atoms with E-state index in [1.807, 2.05) is 6.92 Å². The predicted molar refractivity (Wildman–Crippen MR) is 39.8 cm³/mol. The highest BCUT2D eigenvalue weighted by atomic mass is 16.5. The summed E-state index contributed by atoms with van der Waals surface area (Å²) >= 11 is 0. The Bertz CT molecular complexity index is 97.1. The molecule has 0 rings (SSSR count). The van der Waals surface area contributed by atoms with E-state index in [0.717, 1.165) is 5.90 Å². The molecule has 2 heteroatoms. The van der Waals surface area contributed by atoms with Gasteiger partial charge in [0.15, 0.2) is 5.90 Å². The molecule has 0 aromatic rings. The molecule has 0 aliphatic heterocycles. The van der Waals surface area contributed by atoms with E-state index in [-0.39, 0.29) is 0 Å². The maximum absolute atomic E-state index is 5.20. The zero-order valence-corrected chi connectivity index (χ0v) is 6.64. The number of aliphatic imine (C=N–C) groups is 1. The van der Waals surface area contributed by atoms with Crippen LogP contribution >= 0.6 is 0 Å². The van der Waals surface area contributed by atoms with E-state index < -0.39 is 0 Å². The number of rotatable bonds is 2. The zero-order chi connectivity index (χ0) is 7.28. The molecule has 0 bridgehead atoms. The van der Waals surface area contributed by atoms with E-state index in [2.05, 4.69) is 18.8 Å². The molecule has 0 atom stereocenters. The second kappa shape index (κ2) is 4.36. The van der Waals surface area contributed by atoms with Crippen LogP contribution in [-0.4, -0.2) is 19.6 Å². The molecule has 0 saturated heterocycles. The molecular weight excluding hydrogens is 114 g/mol. The van der Waals surface area contributed by atoms with Crippen LogP contribution in [0.3, 0.4) is 0 Å². The molecule has 54 valence electrons. The van der Waals surface area contributed by atoms with Crippen LogP contribution in [0.4, 0.5) is 0 Å². The summed E-state index contributed by atoms with van der Waals surface area (Å²) in [5.41, 5.74) is 0. The van der Waals surface area contributed by atoms with Gasteiger partial charge in [0.2, 0.25) is 0 Å². The van der Waals surface area contributed by atoms with Gasteiger partial charge in [-0.15, -0.1) is 0 Å². The summed E-state index contributed by atoms with van der Waals surface area (Å²) in [6, 6.07) is 0. The quantitative estimate of drug-likeness (QED) is 0.411. The number of ether oxygens (including phenoxy) is 1. The first-order valence-corrected chi connectivity index (χ1v) is 3.31. The second-order valence-corrected chi connectivity index (χ2v) is 2.15. The molecule has 0 unspecified atom stereocenters. The summed E-state index contributed by atoms with van der Waals surface area (Å²) in [6.07, 6.45) is 0. The predicted octanol–water partition coefficient (Wildman–Crippen LogP) is 1.71. The van der Waals surface area contributed by atoms with Gasteiger partial charge in [0.25, 0.3) is 0 Å². The number of nitrogens with zero attached hydrogens (tertiary/aromatic N) is 1. The molecule has 0 N–H and O–H groups in total. The fourth-order valence-electron chi connectivity index (χ4n) is 0.637. The molecule has 0 spiro atoms. The van der Waals surface area contributed by atoms with Crippen LogP contribution < -0.4 is 0 Å². The van der Waals surface area contributed by atoms with Gasteiger partial charge in [0.1, 0.15) is 0 Å². The van der Waals surface area contributed by atoms with Crippen LogP contribution in [-0.2, 0) is 4.74 Å². The first-order valence-electron chi connectivity index (χ1n) is 3.31. The maximum Gasteiger partial charge on any atom is 0.185 e. The number of hydrogen-bond acceptors (Lipinski definition) is 2. The molecule has 0 aliphatic carbocycles. The molecule has 0 aromatic carbocycles. The van der Waals surface area contributed by atoms with Gasteiger partial charge >= 0.3 is 0 Å². The van der Waals surface area contributed by atoms with Crippen molar-refractivity contribution in [1.29, 1.82) is 0 Å². The molecule has 0 fully saturated rings. The minimum Gasteiger partial charge on any atom is -0.481 e. The van der Waals surface area contributed by atoms with Gasteiger partial charge in [-0.1, -0.05) is 13.8 Å². The highest BCUT2D eigenvalue weighted by molar-refractivity contribution is 5.77. The van der Waals surface area contributed by atoms with Crippen molar-refractivity contribution in [3.05, 3.63) is 0 Å². The summed E-state index contributed by atoms with van der Waals surface area (Å²) in [5, 5.41) is 0. The monoisotopic (exact) mass is 129 g/mol. The molecule has 2 nitrogen and oxygen atoms in total. The van der Waals surface area contributed by atoms with E-state index in [4.69, 9.17) is 4.74 Å². The fourth-order valence-corrected chi connectivity index (χ4v) is 0.637. The standard InChI is InChI=1S/C7H15NO/c1-5-9-7(8-4)6(2)3/h6H,5H2,1-4H3. The normalized spacial score (nSPS) is 12.3. The first kappa shape index (κ1) is 8.47. The van der Waals surface area contributed by atoms with Crippen molar-refractivity contribution in [2.24, 2.45) is 10.9 Å². The minimum atomic E-state index is 0.412. The lowest BCUT2D eigenvalue weighted by atomic mass is 10.2. The Morgan fingerprint density at radius 2 is 2.11 bits per heavy atom. The third kappa shape index (κ3) is 3.12. The molecule has 0 amide bonds. The van der Waals surface area contributed by atoms with Crippen LogP contribution in [0.15, 0.2) is 4.99 Å². The zero-order valence-electron chi connectivity index (χ0n) is 6.64. The van der Waals surface area contributed by atoms with Crippen molar-refractivity contribution in [1.82, 2.24) is 0 Å². The maximum atomic E-state index is 5.20. The van der Waals surface area contributed by atoms with Crippen molar-refractivity contribution in [2.45, 2.75) is 20.8 Å². The molecule has 0 heterocycles. The highest BCUT2D eigenvalue weighted by Gasteiger charge is 2.02. The average Bonchev–Trinajstić information content (AvgIpc) is 1.82. The molecule has 9 heavy (non-hydrogen) atoms. The van der Waals surface area contributed by atoms with Crippen LogP contribution in [0.2, 0.25) is 0 Å². The summed E-state index contributed by atoms with van der Waals surface area (Å²) in [6.45, 7) is 6.81. The third-order valence-electron chi connectivity index (χ3n) is 1.01. The Balaban J connectivity index is 3.70. The molecule has 0 aliphatic rings. The van der Waals surface area contributed by atoms with Gasteiger partial charge in [0, 0.05) is 13.0 Å². The van der Waals surface area contributed by atoms with Crippen molar-refractivity contribution < 1.29 is 4.74 Å². The van der Waals surface area contributed by atoms with Crippen LogP contribution in [0.25, 0.3) is 0 Å². The largest absolute Gasteiger partial charge is 0.481 e. The van der Waals surface area contributed by atoms with E-state index in [0.29, 0.717) is 12.5 Å². The van der Waals surface area contributed by atoms with Gasteiger partial charge in [-0.25, -0.2) is 0 Å². The van der Waals surface area contributed by atoms with Crippen molar-refractivity contribution in [3.63, 3.8) is 0 Å². The van der Waals surface area contributed by atoms with E-state index in [1.54, 1.807) is 7.05 Å². The summed E-state index contributed by atoms with van der Waals surface area (Å²) < 4.78 is 5.20. The number of hydrogen-bond donors (Lipinski definition) is 0. The lowest BCUT2D eigenvalue weighted by Gasteiger charge is -2.08. The van der Waals surface area contributed by atoms with Crippen molar-refractivity contribution >= 4 is 5.90 Å². The van der Waals surface area contributed by atoms with Gasteiger partial charge in [-0.05, 0) is 6.92 Å². The minimum absolute atomic E-state index is 0.412. The first-order chi connectivity index (χ1) is 4.22. The lowest BCUT2D eigenvalue weighted by Crippen LogP contribution is -2.11. The smallest absolute Gasteiger partial charge is 0.185 e. The fraction of sp³-hybridized carbons (Fsp3) is 0.857. The Hall–Kier alpha value is -0.530. The SMILES string of the molecule is CCOC(=NC)C(C)C. The highest BCUT2D eigenvalue weighted by Crippen LogP contribution is 1.97. The summed E-state index contributed by atoms with van der Waals surface area (Å²) in [5.74, 6) is 1.26. The van der Waals surface area contributed by atoms with Gasteiger partial charge < -0.3 is 4.74 Å².